The van der Waals surface area contributed by atoms with Crippen molar-refractivity contribution in [3.05, 3.63) is 29.8 Å². The van der Waals surface area contributed by atoms with Gasteiger partial charge in [-0.05, 0) is 30.9 Å². The highest BCUT2D eigenvalue weighted by atomic mass is 19.4. The van der Waals surface area contributed by atoms with Gasteiger partial charge in [0.15, 0.2) is 0 Å². The molecule has 1 aliphatic rings. The number of hydrogen-bond donors (Lipinski definition) is 1. The van der Waals surface area contributed by atoms with Gasteiger partial charge in [0.05, 0.1) is 5.92 Å². The minimum Gasteiger partial charge on any atom is -0.371 e. The van der Waals surface area contributed by atoms with E-state index in [0.29, 0.717) is 13.1 Å². The molecule has 0 aliphatic carbocycles. The van der Waals surface area contributed by atoms with Gasteiger partial charge in [-0.25, -0.2) is 0 Å². The lowest BCUT2D eigenvalue weighted by atomic mass is 9.94. The first-order valence-electron chi connectivity index (χ1n) is 7.09. The smallest absolute Gasteiger partial charge is 0.371 e. The maximum Gasteiger partial charge on any atom is 0.391 e. The summed E-state index contributed by atoms with van der Waals surface area (Å²) in [4.78, 5) is 2.03. The molecule has 20 heavy (non-hydrogen) atoms. The molecule has 0 amide bonds. The fourth-order valence-corrected chi connectivity index (χ4v) is 2.76. The average Bonchev–Trinajstić information content (AvgIpc) is 2.45. The fourth-order valence-electron chi connectivity index (χ4n) is 2.76. The molecule has 1 aliphatic heterocycles. The standard InChI is InChI=1S/C15H21F3N2/c1-2-13(19)12-5-3-4-6-14(12)20-9-7-11(8-10-20)15(16,17)18/h3-6,11,13H,2,7-10,19H2,1H3. The molecule has 0 aromatic heterocycles. The van der Waals surface area contributed by atoms with Gasteiger partial charge in [-0.3, -0.25) is 0 Å². The summed E-state index contributed by atoms with van der Waals surface area (Å²) < 4.78 is 38.1. The zero-order valence-corrected chi connectivity index (χ0v) is 11.7. The molecule has 0 saturated carbocycles. The van der Waals surface area contributed by atoms with Crippen LogP contribution >= 0.6 is 0 Å². The van der Waals surface area contributed by atoms with Crippen LogP contribution in [0.2, 0.25) is 0 Å². The fraction of sp³-hybridized carbons (Fsp3) is 0.600. The van der Waals surface area contributed by atoms with E-state index in [1.165, 1.54) is 0 Å². The van der Waals surface area contributed by atoms with Gasteiger partial charge < -0.3 is 10.6 Å². The number of anilines is 1. The highest BCUT2D eigenvalue weighted by Crippen LogP contribution is 2.36. The lowest BCUT2D eigenvalue weighted by molar-refractivity contribution is -0.179. The molecule has 2 rings (SSSR count). The van der Waals surface area contributed by atoms with Gasteiger partial charge in [0.25, 0.3) is 0 Å². The van der Waals surface area contributed by atoms with Gasteiger partial charge in [0, 0.05) is 24.8 Å². The number of piperidine rings is 1. The van der Waals surface area contributed by atoms with E-state index < -0.39 is 12.1 Å². The molecule has 2 N–H and O–H groups in total. The molecule has 1 heterocycles. The van der Waals surface area contributed by atoms with Crippen LogP contribution in [0.5, 0.6) is 0 Å². The molecule has 1 unspecified atom stereocenters. The van der Waals surface area contributed by atoms with Gasteiger partial charge in [0.1, 0.15) is 0 Å². The number of alkyl halides is 3. The van der Waals surface area contributed by atoms with Crippen molar-refractivity contribution < 1.29 is 13.2 Å². The first-order valence-corrected chi connectivity index (χ1v) is 7.09. The summed E-state index contributed by atoms with van der Waals surface area (Å²) in [7, 11) is 0. The summed E-state index contributed by atoms with van der Waals surface area (Å²) in [5.41, 5.74) is 8.11. The van der Waals surface area contributed by atoms with Crippen molar-refractivity contribution in [3.8, 4) is 0 Å². The van der Waals surface area contributed by atoms with Crippen molar-refractivity contribution in [1.82, 2.24) is 0 Å². The highest BCUT2D eigenvalue weighted by molar-refractivity contribution is 5.55. The van der Waals surface area contributed by atoms with Gasteiger partial charge in [-0.2, -0.15) is 13.2 Å². The van der Waals surface area contributed by atoms with E-state index in [-0.39, 0.29) is 18.9 Å². The number of nitrogens with zero attached hydrogens (tertiary/aromatic N) is 1. The second-order valence-corrected chi connectivity index (χ2v) is 5.38. The highest BCUT2D eigenvalue weighted by Gasteiger charge is 2.41. The Hall–Kier alpha value is -1.23. The Bertz CT molecular complexity index is 437. The number of para-hydroxylation sites is 1. The summed E-state index contributed by atoms with van der Waals surface area (Å²) in [6, 6.07) is 7.71. The molecule has 1 fully saturated rings. The van der Waals surface area contributed by atoms with E-state index in [2.05, 4.69) is 0 Å². The van der Waals surface area contributed by atoms with Crippen LogP contribution in [0.25, 0.3) is 0 Å². The van der Waals surface area contributed by atoms with Crippen LogP contribution in [0, 0.1) is 5.92 Å². The summed E-state index contributed by atoms with van der Waals surface area (Å²) in [5.74, 6) is -1.16. The normalized spacial score (nSPS) is 19.1. The molecule has 112 valence electrons. The van der Waals surface area contributed by atoms with E-state index >= 15 is 0 Å². The van der Waals surface area contributed by atoms with Crippen molar-refractivity contribution >= 4 is 5.69 Å². The number of benzene rings is 1. The minimum absolute atomic E-state index is 0.0634. The maximum atomic E-state index is 12.7. The Balaban J connectivity index is 2.11. The average molecular weight is 286 g/mol. The van der Waals surface area contributed by atoms with Crippen LogP contribution in [0.4, 0.5) is 18.9 Å². The summed E-state index contributed by atoms with van der Waals surface area (Å²) >= 11 is 0. The third-order valence-corrected chi connectivity index (χ3v) is 4.07. The third kappa shape index (κ3) is 3.26. The quantitative estimate of drug-likeness (QED) is 0.913. The van der Waals surface area contributed by atoms with Crippen LogP contribution < -0.4 is 10.6 Å². The Kier molecular flexibility index (Phi) is 4.58. The van der Waals surface area contributed by atoms with Crippen LogP contribution in [0.15, 0.2) is 24.3 Å². The van der Waals surface area contributed by atoms with Crippen molar-refractivity contribution in [2.75, 3.05) is 18.0 Å². The molecule has 1 aromatic rings. The van der Waals surface area contributed by atoms with Crippen LogP contribution in [0.1, 0.15) is 37.8 Å². The Morgan fingerprint density at radius 2 is 1.85 bits per heavy atom. The van der Waals surface area contributed by atoms with Gasteiger partial charge in [0.2, 0.25) is 0 Å². The van der Waals surface area contributed by atoms with Crippen LogP contribution in [-0.4, -0.2) is 19.3 Å². The number of nitrogens with two attached hydrogens (primary N) is 1. The van der Waals surface area contributed by atoms with E-state index in [0.717, 1.165) is 17.7 Å². The number of rotatable bonds is 3. The molecule has 0 spiro atoms. The molecule has 1 saturated heterocycles. The lowest BCUT2D eigenvalue weighted by Crippen LogP contribution is -2.39. The molecule has 1 atom stereocenters. The van der Waals surface area contributed by atoms with E-state index in [9.17, 15) is 13.2 Å². The monoisotopic (exact) mass is 286 g/mol. The largest absolute Gasteiger partial charge is 0.391 e. The second kappa shape index (κ2) is 6.04. The van der Waals surface area contributed by atoms with Crippen molar-refractivity contribution in [1.29, 1.82) is 0 Å². The Morgan fingerprint density at radius 1 is 1.25 bits per heavy atom. The first-order chi connectivity index (χ1) is 9.43. The zero-order valence-electron chi connectivity index (χ0n) is 11.7. The van der Waals surface area contributed by atoms with Crippen molar-refractivity contribution in [2.24, 2.45) is 11.7 Å². The van der Waals surface area contributed by atoms with E-state index in [1.807, 2.05) is 36.1 Å². The van der Waals surface area contributed by atoms with E-state index in [1.54, 1.807) is 0 Å². The van der Waals surface area contributed by atoms with Gasteiger partial charge in [-0.15, -0.1) is 0 Å². The molecular weight excluding hydrogens is 265 g/mol. The molecule has 0 radical (unpaired) electrons. The van der Waals surface area contributed by atoms with E-state index in [4.69, 9.17) is 5.73 Å². The molecule has 1 aromatic carbocycles. The van der Waals surface area contributed by atoms with Gasteiger partial charge >= 0.3 is 6.18 Å². The molecule has 2 nitrogen and oxygen atoms in total. The summed E-state index contributed by atoms with van der Waals surface area (Å²) in [6.45, 7) is 2.90. The topological polar surface area (TPSA) is 29.3 Å². The maximum absolute atomic E-state index is 12.7. The molecular formula is C15H21F3N2. The molecule has 5 heteroatoms. The SMILES string of the molecule is CCC(N)c1ccccc1N1CCC(C(F)(F)F)CC1. The van der Waals surface area contributed by atoms with Crippen LogP contribution in [-0.2, 0) is 0 Å². The van der Waals surface area contributed by atoms with Gasteiger partial charge in [-0.1, -0.05) is 25.1 Å². The third-order valence-electron chi connectivity index (χ3n) is 4.07. The lowest BCUT2D eigenvalue weighted by Gasteiger charge is -2.36. The second-order valence-electron chi connectivity index (χ2n) is 5.38. The number of hydrogen-bond acceptors (Lipinski definition) is 2. The Labute approximate surface area is 117 Å². The predicted molar refractivity (Wildman–Crippen MR) is 74.7 cm³/mol. The minimum atomic E-state index is -4.06. The molecule has 0 bridgehead atoms. The Morgan fingerprint density at radius 3 is 2.40 bits per heavy atom. The van der Waals surface area contributed by atoms with Crippen molar-refractivity contribution in [3.63, 3.8) is 0 Å². The number of halogens is 3. The first kappa shape index (κ1) is 15.2. The van der Waals surface area contributed by atoms with Crippen LogP contribution in [0.3, 0.4) is 0 Å². The summed E-state index contributed by atoms with van der Waals surface area (Å²) in [6.07, 6.45) is -2.92. The predicted octanol–water partition coefficient (Wildman–Crippen LogP) is 3.88. The zero-order chi connectivity index (χ0) is 14.8. The summed E-state index contributed by atoms with van der Waals surface area (Å²) in [5, 5.41) is 0. The van der Waals surface area contributed by atoms with Crippen molar-refractivity contribution in [2.45, 2.75) is 38.4 Å².